The molecule has 0 spiro atoms. The topological polar surface area (TPSA) is 37.4 Å². The summed E-state index contributed by atoms with van der Waals surface area (Å²) in [6.07, 6.45) is 0. The van der Waals surface area contributed by atoms with Gasteiger partial charge >= 0.3 is 0 Å². The second-order valence-corrected chi connectivity index (χ2v) is 8.33. The van der Waals surface area contributed by atoms with E-state index < -0.39 is 27.8 Å². The normalized spacial score (nSPS) is 21.0. The lowest BCUT2D eigenvalue weighted by Gasteiger charge is -2.42. The molecule has 0 saturated carbocycles. The van der Waals surface area contributed by atoms with E-state index in [1.165, 1.54) is 29.2 Å². The van der Waals surface area contributed by atoms with Crippen LogP contribution >= 0.6 is 23.2 Å². The number of benzene rings is 2. The number of Topliss-reactive ketones (excluding diaryl/α,β-unsaturated/α-hetero) is 1. The monoisotopic (exact) mass is 405 g/mol. The van der Waals surface area contributed by atoms with Gasteiger partial charge in [-0.1, -0.05) is 74.3 Å². The number of carbonyl (C=O) groups is 2. The highest BCUT2D eigenvalue weighted by atomic mass is 35.5. The highest BCUT2D eigenvalue weighted by Crippen LogP contribution is 2.47. The van der Waals surface area contributed by atoms with E-state index in [0.29, 0.717) is 16.9 Å². The van der Waals surface area contributed by atoms with Gasteiger partial charge in [-0.15, -0.1) is 0 Å². The first-order valence-electron chi connectivity index (χ1n) is 8.38. The summed E-state index contributed by atoms with van der Waals surface area (Å²) in [7, 11) is 0. The van der Waals surface area contributed by atoms with Gasteiger partial charge < -0.3 is 0 Å². The van der Waals surface area contributed by atoms with E-state index >= 15 is 0 Å². The molecule has 1 heterocycles. The van der Waals surface area contributed by atoms with Crippen molar-refractivity contribution in [2.24, 2.45) is 5.41 Å². The molecule has 1 atom stereocenters. The van der Waals surface area contributed by atoms with Crippen molar-refractivity contribution in [1.29, 1.82) is 0 Å². The SMILES string of the molecule is CC(C)(C)C1=C(Cl)C(=O)[C@@](Cl)(c2ccccc2)C(=O)N1c1ccc(F)cc1. The summed E-state index contributed by atoms with van der Waals surface area (Å²) >= 11 is 13.1. The molecule has 2 aromatic carbocycles. The van der Waals surface area contributed by atoms with Crippen molar-refractivity contribution in [1.82, 2.24) is 0 Å². The summed E-state index contributed by atoms with van der Waals surface area (Å²) in [5, 5.41) is -0.106. The third-order valence-electron chi connectivity index (χ3n) is 4.41. The summed E-state index contributed by atoms with van der Waals surface area (Å²) in [6, 6.07) is 13.8. The Labute approximate surface area is 167 Å². The van der Waals surface area contributed by atoms with Gasteiger partial charge in [0.05, 0.1) is 5.70 Å². The van der Waals surface area contributed by atoms with E-state index in [4.69, 9.17) is 23.2 Å². The third-order valence-corrected chi connectivity index (χ3v) is 5.31. The van der Waals surface area contributed by atoms with Crippen LogP contribution in [0.5, 0.6) is 0 Å². The van der Waals surface area contributed by atoms with Crippen molar-refractivity contribution in [2.75, 3.05) is 4.90 Å². The number of ketones is 1. The van der Waals surface area contributed by atoms with Crippen molar-refractivity contribution in [3.05, 3.63) is 76.7 Å². The second kappa shape index (κ2) is 6.77. The number of anilines is 1. The lowest BCUT2D eigenvalue weighted by atomic mass is 9.81. The molecule has 6 heteroatoms. The van der Waals surface area contributed by atoms with Crippen molar-refractivity contribution in [3.8, 4) is 0 Å². The van der Waals surface area contributed by atoms with Crippen LogP contribution in [-0.4, -0.2) is 11.7 Å². The van der Waals surface area contributed by atoms with E-state index in [-0.39, 0.29) is 5.03 Å². The van der Waals surface area contributed by atoms with Gasteiger partial charge in [0.2, 0.25) is 10.7 Å². The quantitative estimate of drug-likeness (QED) is 0.497. The average Bonchev–Trinajstić information content (AvgIpc) is 2.63. The average molecular weight is 406 g/mol. The van der Waals surface area contributed by atoms with Crippen LogP contribution in [0.25, 0.3) is 0 Å². The van der Waals surface area contributed by atoms with Crippen LogP contribution in [0.15, 0.2) is 65.3 Å². The number of allylic oxidation sites excluding steroid dienone is 2. The van der Waals surface area contributed by atoms with Gasteiger partial charge in [0.15, 0.2) is 0 Å². The predicted molar refractivity (Wildman–Crippen MR) is 105 cm³/mol. The largest absolute Gasteiger partial charge is 0.290 e. The second-order valence-electron chi connectivity index (χ2n) is 7.38. The molecule has 3 rings (SSSR count). The summed E-state index contributed by atoms with van der Waals surface area (Å²) in [5.41, 5.74) is 0.418. The number of rotatable bonds is 2. The zero-order valence-electron chi connectivity index (χ0n) is 15.1. The maximum absolute atomic E-state index is 13.5. The number of hydrogen-bond acceptors (Lipinski definition) is 2. The van der Waals surface area contributed by atoms with E-state index in [9.17, 15) is 14.0 Å². The molecule has 1 amide bonds. The minimum absolute atomic E-state index is 0.106. The number of halogens is 3. The maximum Gasteiger partial charge on any atom is 0.265 e. The van der Waals surface area contributed by atoms with Gasteiger partial charge in [0.25, 0.3) is 5.91 Å². The van der Waals surface area contributed by atoms with Crippen LogP contribution in [0, 0.1) is 11.2 Å². The van der Waals surface area contributed by atoms with Crippen LogP contribution < -0.4 is 4.90 Å². The molecule has 0 fully saturated rings. The first-order chi connectivity index (χ1) is 12.6. The minimum Gasteiger partial charge on any atom is -0.290 e. The smallest absolute Gasteiger partial charge is 0.265 e. The third kappa shape index (κ3) is 3.17. The molecule has 0 saturated heterocycles. The summed E-state index contributed by atoms with van der Waals surface area (Å²) in [4.78, 5) is 26.0. The standard InChI is InChI=1S/C21H18Cl2FNO2/c1-20(2,3)17-16(22)18(26)21(23,13-7-5-4-6-8-13)19(27)25(17)15-11-9-14(24)10-12-15/h4-12H,1-3H3/t21-/m0/s1. The van der Waals surface area contributed by atoms with Gasteiger partial charge in [-0.2, -0.15) is 0 Å². The zero-order chi connectivity index (χ0) is 20.0. The van der Waals surface area contributed by atoms with Gasteiger partial charge in [0, 0.05) is 11.1 Å². The fourth-order valence-electron chi connectivity index (χ4n) is 3.13. The number of alkyl halides is 1. The Kier molecular flexibility index (Phi) is 4.91. The maximum atomic E-state index is 13.5. The molecule has 0 aromatic heterocycles. The Morgan fingerprint density at radius 2 is 1.52 bits per heavy atom. The lowest BCUT2D eigenvalue weighted by Crippen LogP contribution is -2.54. The Balaban J connectivity index is 2.30. The summed E-state index contributed by atoms with van der Waals surface area (Å²) < 4.78 is 13.4. The van der Waals surface area contributed by atoms with Crippen LogP contribution in [0.2, 0.25) is 0 Å². The van der Waals surface area contributed by atoms with E-state index in [2.05, 4.69) is 0 Å². The fourth-order valence-corrected chi connectivity index (χ4v) is 4.00. The highest BCUT2D eigenvalue weighted by Gasteiger charge is 2.55. The number of amides is 1. The number of nitrogens with zero attached hydrogens (tertiary/aromatic N) is 1. The molecule has 1 aliphatic heterocycles. The molecule has 27 heavy (non-hydrogen) atoms. The van der Waals surface area contributed by atoms with Crippen molar-refractivity contribution >= 4 is 40.6 Å². The molecule has 0 aliphatic carbocycles. The van der Waals surface area contributed by atoms with Gasteiger partial charge in [-0.25, -0.2) is 4.39 Å². The van der Waals surface area contributed by atoms with E-state index in [0.717, 1.165) is 0 Å². The predicted octanol–water partition coefficient (Wildman–Crippen LogP) is 5.37. The van der Waals surface area contributed by atoms with Crippen LogP contribution in [0.3, 0.4) is 0 Å². The van der Waals surface area contributed by atoms with Gasteiger partial charge in [-0.05, 0) is 29.8 Å². The van der Waals surface area contributed by atoms with Crippen LogP contribution in [-0.2, 0) is 14.5 Å². The first kappa shape index (κ1) is 19.6. The van der Waals surface area contributed by atoms with Crippen LogP contribution in [0.1, 0.15) is 26.3 Å². The molecule has 2 aromatic rings. The van der Waals surface area contributed by atoms with Crippen molar-refractivity contribution < 1.29 is 14.0 Å². The molecule has 140 valence electrons. The van der Waals surface area contributed by atoms with Crippen molar-refractivity contribution in [2.45, 2.75) is 25.6 Å². The lowest BCUT2D eigenvalue weighted by molar-refractivity contribution is -0.129. The molecular weight excluding hydrogens is 388 g/mol. The molecule has 0 N–H and O–H groups in total. The van der Waals surface area contributed by atoms with E-state index in [1.807, 2.05) is 20.8 Å². The van der Waals surface area contributed by atoms with Crippen molar-refractivity contribution in [3.63, 3.8) is 0 Å². The molecule has 0 bridgehead atoms. The minimum atomic E-state index is -1.98. The molecular formula is C21H18Cl2FNO2. The Hall–Kier alpha value is -2.17. The molecule has 0 unspecified atom stereocenters. The number of carbonyl (C=O) groups excluding carboxylic acids is 2. The highest BCUT2D eigenvalue weighted by molar-refractivity contribution is 6.58. The Morgan fingerprint density at radius 1 is 0.963 bits per heavy atom. The molecule has 1 aliphatic rings. The summed E-state index contributed by atoms with van der Waals surface area (Å²) in [6.45, 7) is 5.52. The van der Waals surface area contributed by atoms with E-state index in [1.54, 1.807) is 30.3 Å². The zero-order valence-corrected chi connectivity index (χ0v) is 16.6. The molecule has 3 nitrogen and oxygen atoms in total. The Bertz CT molecular complexity index is 933. The van der Waals surface area contributed by atoms with Gasteiger partial charge in [0.1, 0.15) is 10.8 Å². The molecule has 0 radical (unpaired) electrons. The Morgan fingerprint density at radius 3 is 2.04 bits per heavy atom. The van der Waals surface area contributed by atoms with Gasteiger partial charge in [-0.3, -0.25) is 14.5 Å². The number of hydrogen-bond donors (Lipinski definition) is 0. The first-order valence-corrected chi connectivity index (χ1v) is 9.13. The fraction of sp³-hybridized carbons (Fsp3) is 0.238. The summed E-state index contributed by atoms with van der Waals surface area (Å²) in [5.74, 6) is -1.74. The van der Waals surface area contributed by atoms with Crippen LogP contribution in [0.4, 0.5) is 10.1 Å².